The molecular weight excluding hydrogens is 501 g/mol. The first-order chi connectivity index (χ1) is 18.0. The summed E-state index contributed by atoms with van der Waals surface area (Å²) < 4.78 is 52.3. The molecule has 3 aromatic rings. The second-order valence-electron chi connectivity index (χ2n) is 8.55. The van der Waals surface area contributed by atoms with Gasteiger partial charge in [0.1, 0.15) is 23.5 Å². The summed E-state index contributed by atoms with van der Waals surface area (Å²) in [4.78, 5) is 20.7. The number of rotatable bonds is 11. The van der Waals surface area contributed by atoms with Crippen molar-refractivity contribution >= 4 is 12.3 Å². The minimum Gasteiger partial charge on any atom is -0.493 e. The molecule has 0 bridgehead atoms. The lowest BCUT2D eigenvalue weighted by molar-refractivity contribution is -0.274. The lowest BCUT2D eigenvalue weighted by atomic mass is 10.0. The Morgan fingerprint density at radius 2 is 1.63 bits per heavy atom. The third kappa shape index (κ3) is 11.4. The van der Waals surface area contributed by atoms with Crippen LogP contribution in [0.1, 0.15) is 46.8 Å². The Morgan fingerprint density at radius 1 is 0.974 bits per heavy atom. The van der Waals surface area contributed by atoms with Crippen LogP contribution in [0.3, 0.4) is 0 Å². The van der Waals surface area contributed by atoms with E-state index < -0.39 is 12.3 Å². The summed E-state index contributed by atoms with van der Waals surface area (Å²) in [6.07, 6.45) is -2.99. The van der Waals surface area contributed by atoms with Crippen LogP contribution < -0.4 is 14.2 Å². The van der Waals surface area contributed by atoms with E-state index in [1.807, 2.05) is 44.2 Å². The molecule has 3 rings (SSSR count). The van der Waals surface area contributed by atoms with Crippen molar-refractivity contribution in [2.75, 3.05) is 6.61 Å². The highest BCUT2D eigenvalue weighted by atomic mass is 19.4. The normalized spacial score (nSPS) is 11.5. The highest BCUT2D eigenvalue weighted by Gasteiger charge is 2.31. The van der Waals surface area contributed by atoms with Gasteiger partial charge in [-0.2, -0.15) is 0 Å². The average Bonchev–Trinajstić information content (AvgIpc) is 2.85. The molecule has 1 atom stereocenters. The topological polar surface area (TPSA) is 82.1 Å². The van der Waals surface area contributed by atoms with E-state index in [-0.39, 0.29) is 18.3 Å². The van der Waals surface area contributed by atoms with Crippen molar-refractivity contribution in [3.63, 3.8) is 0 Å². The second kappa shape index (κ2) is 14.7. The van der Waals surface area contributed by atoms with E-state index in [1.165, 1.54) is 18.2 Å². The quantitative estimate of drug-likeness (QED) is 0.269. The number of hydrogen-bond donors (Lipinski definition) is 1. The van der Waals surface area contributed by atoms with Gasteiger partial charge < -0.3 is 19.3 Å². The lowest BCUT2D eigenvalue weighted by Crippen LogP contribution is -2.18. The number of aryl methyl sites for hydroxylation is 3. The van der Waals surface area contributed by atoms with Crippen LogP contribution in [0.5, 0.6) is 17.2 Å². The number of carboxylic acid groups (broad SMARTS) is 1. The molecule has 0 aliphatic heterocycles. The number of benzene rings is 3. The third-order valence-electron chi connectivity index (χ3n) is 5.36. The monoisotopic (exact) mass is 532 g/mol. The molecule has 1 unspecified atom stereocenters. The Morgan fingerprint density at radius 3 is 2.18 bits per heavy atom. The van der Waals surface area contributed by atoms with E-state index >= 15 is 0 Å². The van der Waals surface area contributed by atoms with Gasteiger partial charge in [-0.1, -0.05) is 36.4 Å². The van der Waals surface area contributed by atoms with E-state index in [0.717, 1.165) is 23.0 Å². The number of aldehydes is 1. The van der Waals surface area contributed by atoms with Crippen molar-refractivity contribution in [3.05, 3.63) is 89.0 Å². The van der Waals surface area contributed by atoms with Gasteiger partial charge >= 0.3 is 12.3 Å². The largest absolute Gasteiger partial charge is 0.573 e. The predicted molar refractivity (Wildman–Crippen MR) is 137 cm³/mol. The van der Waals surface area contributed by atoms with Crippen molar-refractivity contribution in [1.29, 1.82) is 0 Å². The van der Waals surface area contributed by atoms with E-state index in [2.05, 4.69) is 4.74 Å². The number of carbonyl (C=O) groups excluding carboxylic acids is 1. The molecule has 0 spiro atoms. The molecule has 38 heavy (non-hydrogen) atoms. The Kier molecular flexibility index (Phi) is 11.7. The maximum absolute atomic E-state index is 12.3. The summed E-state index contributed by atoms with van der Waals surface area (Å²) in [6, 6.07) is 18.6. The van der Waals surface area contributed by atoms with Crippen LogP contribution in [0.2, 0.25) is 0 Å². The zero-order valence-electron chi connectivity index (χ0n) is 21.5. The van der Waals surface area contributed by atoms with Crippen molar-refractivity contribution in [2.24, 2.45) is 0 Å². The Bertz CT molecular complexity index is 1180. The van der Waals surface area contributed by atoms with Crippen LogP contribution in [0.25, 0.3) is 0 Å². The number of ether oxygens (including phenoxy) is 3. The molecule has 0 aliphatic rings. The van der Waals surface area contributed by atoms with Crippen molar-refractivity contribution in [3.8, 4) is 17.2 Å². The number of halogens is 3. The number of carboxylic acids is 1. The standard InChI is InChI=1S/C22H25F3O5.C7H6O/c1-14-12-18(6-4-17(14)5-9-21(26)27)28-11-10-16(3)29-20-8-7-19(13-15(20)2)30-22(23,24)25;8-6-7-4-2-1-3-5-7/h4,6-8,12-13,16H,5,9-11H2,1-3H3,(H,26,27);1-6H. The molecule has 0 heterocycles. The van der Waals surface area contributed by atoms with Gasteiger partial charge in [0.2, 0.25) is 0 Å². The van der Waals surface area contributed by atoms with Crippen LogP contribution >= 0.6 is 0 Å². The third-order valence-corrected chi connectivity index (χ3v) is 5.36. The van der Waals surface area contributed by atoms with Gasteiger partial charge in [-0.05, 0) is 74.2 Å². The molecular formula is C29H31F3O6. The molecule has 9 heteroatoms. The van der Waals surface area contributed by atoms with Crippen LogP contribution in [0.4, 0.5) is 13.2 Å². The summed E-state index contributed by atoms with van der Waals surface area (Å²) in [5.41, 5.74) is 3.20. The van der Waals surface area contributed by atoms with Crippen molar-refractivity contribution < 1.29 is 42.1 Å². The van der Waals surface area contributed by atoms with Gasteiger partial charge in [0.15, 0.2) is 0 Å². The zero-order valence-corrected chi connectivity index (χ0v) is 21.5. The van der Waals surface area contributed by atoms with E-state index in [9.17, 15) is 22.8 Å². The molecule has 0 saturated carbocycles. The van der Waals surface area contributed by atoms with Crippen molar-refractivity contribution in [2.45, 2.75) is 52.5 Å². The summed E-state index contributed by atoms with van der Waals surface area (Å²) in [6.45, 7) is 5.80. The Balaban J connectivity index is 0.000000538. The molecule has 0 saturated heterocycles. The number of aliphatic carboxylic acids is 1. The summed E-state index contributed by atoms with van der Waals surface area (Å²) in [5.74, 6) is 0.0474. The van der Waals surface area contributed by atoms with E-state index in [1.54, 1.807) is 25.1 Å². The van der Waals surface area contributed by atoms with Gasteiger partial charge in [-0.3, -0.25) is 9.59 Å². The highest BCUT2D eigenvalue weighted by molar-refractivity contribution is 5.74. The molecule has 0 aliphatic carbocycles. The molecule has 6 nitrogen and oxygen atoms in total. The minimum absolute atomic E-state index is 0.0820. The summed E-state index contributed by atoms with van der Waals surface area (Å²) >= 11 is 0. The summed E-state index contributed by atoms with van der Waals surface area (Å²) in [7, 11) is 0. The molecule has 0 amide bonds. The average molecular weight is 533 g/mol. The fraction of sp³-hybridized carbons (Fsp3) is 0.310. The predicted octanol–water partition coefficient (Wildman–Crippen LogP) is 6.95. The smallest absolute Gasteiger partial charge is 0.493 e. The SMILES string of the molecule is Cc1cc(OCCC(C)Oc2ccc(OC(F)(F)F)cc2C)ccc1CCC(=O)O.O=Cc1ccccc1. The van der Waals surface area contributed by atoms with Gasteiger partial charge in [-0.25, -0.2) is 0 Å². The number of carbonyl (C=O) groups is 2. The second-order valence-corrected chi connectivity index (χ2v) is 8.55. The Hall–Kier alpha value is -4.01. The lowest BCUT2D eigenvalue weighted by Gasteiger charge is -2.18. The number of hydrogen-bond acceptors (Lipinski definition) is 5. The van der Waals surface area contributed by atoms with Crippen LogP contribution in [0.15, 0.2) is 66.7 Å². The molecule has 1 N–H and O–H groups in total. The minimum atomic E-state index is -4.73. The van der Waals surface area contributed by atoms with E-state index in [4.69, 9.17) is 14.6 Å². The molecule has 0 radical (unpaired) electrons. The Labute approximate surface area is 220 Å². The van der Waals surface area contributed by atoms with Crippen molar-refractivity contribution in [1.82, 2.24) is 0 Å². The van der Waals surface area contributed by atoms with Gasteiger partial charge in [0.05, 0.1) is 12.7 Å². The molecule has 0 fully saturated rings. The van der Waals surface area contributed by atoms with Crippen LogP contribution in [0, 0.1) is 13.8 Å². The van der Waals surface area contributed by atoms with Gasteiger partial charge in [-0.15, -0.1) is 13.2 Å². The molecule has 204 valence electrons. The fourth-order valence-corrected chi connectivity index (χ4v) is 3.38. The molecule has 3 aromatic carbocycles. The maximum atomic E-state index is 12.3. The highest BCUT2D eigenvalue weighted by Crippen LogP contribution is 2.29. The molecule has 0 aromatic heterocycles. The maximum Gasteiger partial charge on any atom is 0.573 e. The number of alkyl halides is 3. The first-order valence-corrected chi connectivity index (χ1v) is 11.9. The zero-order chi connectivity index (χ0) is 28.1. The summed E-state index contributed by atoms with van der Waals surface area (Å²) in [5, 5.41) is 8.78. The van der Waals surface area contributed by atoms with Crippen LogP contribution in [-0.2, 0) is 11.2 Å². The first kappa shape index (κ1) is 30.2. The van der Waals surface area contributed by atoms with Gasteiger partial charge in [0, 0.05) is 18.4 Å². The van der Waals surface area contributed by atoms with E-state index in [0.29, 0.717) is 36.5 Å². The van der Waals surface area contributed by atoms with Gasteiger partial charge in [0.25, 0.3) is 0 Å². The van der Waals surface area contributed by atoms with Crippen LogP contribution in [-0.4, -0.2) is 36.4 Å². The first-order valence-electron chi connectivity index (χ1n) is 11.9. The fourth-order valence-electron chi connectivity index (χ4n) is 3.38.